The topological polar surface area (TPSA) is 63.8 Å². The zero-order valence-electron chi connectivity index (χ0n) is 11.2. The Morgan fingerprint density at radius 2 is 2.10 bits per heavy atom. The molecule has 112 valence electrons. The van der Waals surface area contributed by atoms with Crippen LogP contribution in [-0.2, 0) is 6.18 Å². The molecule has 0 radical (unpaired) electrons. The van der Waals surface area contributed by atoms with Crippen LogP contribution >= 0.6 is 0 Å². The number of aromatic nitrogens is 3. The maximum absolute atomic E-state index is 13.2. The minimum absolute atomic E-state index is 0.00740. The van der Waals surface area contributed by atoms with E-state index in [1.54, 1.807) is 6.92 Å². The van der Waals surface area contributed by atoms with Crippen LogP contribution in [0, 0.1) is 6.92 Å². The smallest absolute Gasteiger partial charge is 0.356 e. The molecule has 8 heteroatoms. The molecule has 0 amide bonds. The van der Waals surface area contributed by atoms with Gasteiger partial charge in [0, 0.05) is 18.3 Å². The molecule has 0 aliphatic heterocycles. The fraction of sp³-hybridized carbons (Fsp3) is 0.462. The highest BCUT2D eigenvalue weighted by Crippen LogP contribution is 2.36. The highest BCUT2D eigenvalue weighted by molar-refractivity contribution is 5.61. The fourth-order valence-electron chi connectivity index (χ4n) is 2.07. The minimum Gasteiger partial charge on any atom is -0.356 e. The molecule has 1 N–H and O–H groups in total. The van der Waals surface area contributed by atoms with E-state index in [4.69, 9.17) is 4.52 Å². The number of hydrogen-bond donors (Lipinski definition) is 1. The third kappa shape index (κ3) is 2.84. The number of alkyl halides is 3. The van der Waals surface area contributed by atoms with Crippen LogP contribution in [0.15, 0.2) is 16.8 Å². The molecule has 5 nitrogen and oxygen atoms in total. The van der Waals surface area contributed by atoms with Gasteiger partial charge in [-0.2, -0.15) is 13.2 Å². The van der Waals surface area contributed by atoms with E-state index in [0.29, 0.717) is 5.69 Å². The standard InChI is InChI=1S/C13H13F3N4O/c1-7-5-10(21-20-7)9-6-17-12(18-8-3-2-4-8)19-11(9)13(14,15)16/h5-6,8H,2-4H2,1H3,(H,17,18,19). The van der Waals surface area contributed by atoms with E-state index in [9.17, 15) is 13.2 Å². The average Bonchev–Trinajstić information content (AvgIpc) is 2.79. The molecule has 1 aliphatic rings. The van der Waals surface area contributed by atoms with E-state index in [1.165, 1.54) is 6.07 Å². The van der Waals surface area contributed by atoms with E-state index in [2.05, 4.69) is 20.4 Å². The molecule has 2 aromatic rings. The van der Waals surface area contributed by atoms with Crippen molar-refractivity contribution in [1.82, 2.24) is 15.1 Å². The zero-order valence-corrected chi connectivity index (χ0v) is 11.2. The SMILES string of the molecule is Cc1cc(-c2cnc(NC3CCC3)nc2C(F)(F)F)on1. The maximum Gasteiger partial charge on any atom is 0.434 e. The van der Waals surface area contributed by atoms with Crippen molar-refractivity contribution in [2.75, 3.05) is 5.32 Å². The summed E-state index contributed by atoms with van der Waals surface area (Å²) in [4.78, 5) is 7.57. The van der Waals surface area contributed by atoms with Crippen LogP contribution in [0.2, 0.25) is 0 Å². The molecular weight excluding hydrogens is 285 g/mol. The van der Waals surface area contributed by atoms with Gasteiger partial charge in [0.15, 0.2) is 11.5 Å². The van der Waals surface area contributed by atoms with E-state index < -0.39 is 11.9 Å². The maximum atomic E-state index is 13.2. The molecule has 1 aliphatic carbocycles. The molecule has 0 saturated heterocycles. The lowest BCUT2D eigenvalue weighted by Crippen LogP contribution is -2.28. The lowest BCUT2D eigenvalue weighted by atomic mass is 9.93. The zero-order chi connectivity index (χ0) is 15.0. The number of rotatable bonds is 3. The first kappa shape index (κ1) is 13.8. The Morgan fingerprint density at radius 3 is 2.62 bits per heavy atom. The van der Waals surface area contributed by atoms with Crippen molar-refractivity contribution in [3.8, 4) is 11.3 Å². The van der Waals surface area contributed by atoms with Gasteiger partial charge in [-0.05, 0) is 26.2 Å². The molecule has 0 spiro atoms. The summed E-state index contributed by atoms with van der Waals surface area (Å²) in [5.41, 5.74) is -0.729. The molecular formula is C13H13F3N4O. The predicted octanol–water partition coefficient (Wildman–Crippen LogP) is 3.42. The van der Waals surface area contributed by atoms with E-state index >= 15 is 0 Å². The second-order valence-corrected chi connectivity index (χ2v) is 5.06. The molecule has 0 atom stereocenters. The summed E-state index contributed by atoms with van der Waals surface area (Å²) < 4.78 is 44.4. The lowest BCUT2D eigenvalue weighted by molar-refractivity contribution is -0.140. The van der Waals surface area contributed by atoms with Crippen LogP contribution < -0.4 is 5.32 Å². The molecule has 21 heavy (non-hydrogen) atoms. The van der Waals surface area contributed by atoms with Gasteiger partial charge in [-0.15, -0.1) is 0 Å². The largest absolute Gasteiger partial charge is 0.434 e. The second-order valence-electron chi connectivity index (χ2n) is 5.06. The van der Waals surface area contributed by atoms with Crippen LogP contribution in [0.5, 0.6) is 0 Å². The second kappa shape index (κ2) is 5.01. The van der Waals surface area contributed by atoms with Crippen molar-refractivity contribution in [3.05, 3.63) is 23.7 Å². The number of anilines is 1. The molecule has 0 aromatic carbocycles. The first-order valence-corrected chi connectivity index (χ1v) is 6.58. The van der Waals surface area contributed by atoms with Crippen molar-refractivity contribution in [3.63, 3.8) is 0 Å². The van der Waals surface area contributed by atoms with Gasteiger partial charge in [-0.3, -0.25) is 0 Å². The Kier molecular flexibility index (Phi) is 3.30. The van der Waals surface area contributed by atoms with Crippen molar-refractivity contribution < 1.29 is 17.7 Å². The quantitative estimate of drug-likeness (QED) is 0.940. The third-order valence-corrected chi connectivity index (χ3v) is 3.39. The van der Waals surface area contributed by atoms with Gasteiger partial charge in [0.2, 0.25) is 5.95 Å². The summed E-state index contributed by atoms with van der Waals surface area (Å²) in [7, 11) is 0. The molecule has 2 aromatic heterocycles. The van der Waals surface area contributed by atoms with Gasteiger partial charge < -0.3 is 9.84 Å². The Balaban J connectivity index is 1.99. The molecule has 1 fully saturated rings. The van der Waals surface area contributed by atoms with Crippen molar-refractivity contribution in [2.45, 2.75) is 38.4 Å². The minimum atomic E-state index is -4.59. The van der Waals surface area contributed by atoms with Crippen LogP contribution in [0.25, 0.3) is 11.3 Å². The predicted molar refractivity (Wildman–Crippen MR) is 68.5 cm³/mol. The Hall–Kier alpha value is -2.12. The fourth-order valence-corrected chi connectivity index (χ4v) is 2.07. The highest BCUT2D eigenvalue weighted by atomic mass is 19.4. The van der Waals surface area contributed by atoms with Gasteiger partial charge in [-0.25, -0.2) is 9.97 Å². The average molecular weight is 298 g/mol. The van der Waals surface area contributed by atoms with Crippen LogP contribution in [-0.4, -0.2) is 21.2 Å². The molecule has 2 heterocycles. The third-order valence-electron chi connectivity index (χ3n) is 3.39. The first-order valence-electron chi connectivity index (χ1n) is 6.58. The van der Waals surface area contributed by atoms with Crippen LogP contribution in [0.3, 0.4) is 0 Å². The Bertz CT molecular complexity index is 649. The number of aryl methyl sites for hydroxylation is 1. The molecule has 3 rings (SSSR count). The monoisotopic (exact) mass is 298 g/mol. The summed E-state index contributed by atoms with van der Waals surface area (Å²) in [6.45, 7) is 1.63. The Morgan fingerprint density at radius 1 is 1.33 bits per heavy atom. The van der Waals surface area contributed by atoms with E-state index in [-0.39, 0.29) is 23.3 Å². The van der Waals surface area contributed by atoms with Crippen LogP contribution in [0.4, 0.5) is 19.1 Å². The summed E-state index contributed by atoms with van der Waals surface area (Å²) >= 11 is 0. The van der Waals surface area contributed by atoms with Gasteiger partial charge in [0.05, 0.1) is 11.3 Å². The van der Waals surface area contributed by atoms with Gasteiger partial charge in [0.25, 0.3) is 0 Å². The van der Waals surface area contributed by atoms with Crippen molar-refractivity contribution >= 4 is 5.95 Å². The van der Waals surface area contributed by atoms with Gasteiger partial charge in [0.1, 0.15) is 0 Å². The summed E-state index contributed by atoms with van der Waals surface area (Å²) in [5, 5.41) is 6.50. The molecule has 0 unspecified atom stereocenters. The summed E-state index contributed by atoms with van der Waals surface area (Å²) in [6, 6.07) is 1.58. The number of halogens is 3. The first-order chi connectivity index (χ1) is 9.93. The normalized spacial score (nSPS) is 15.8. The Labute approximate surface area is 118 Å². The summed E-state index contributed by atoms with van der Waals surface area (Å²) in [5.74, 6) is 0.00188. The number of hydrogen-bond acceptors (Lipinski definition) is 5. The van der Waals surface area contributed by atoms with Crippen molar-refractivity contribution in [2.24, 2.45) is 0 Å². The van der Waals surface area contributed by atoms with Crippen LogP contribution in [0.1, 0.15) is 30.7 Å². The molecule has 0 bridgehead atoms. The number of nitrogens with zero attached hydrogens (tertiary/aromatic N) is 3. The molecule has 1 saturated carbocycles. The number of nitrogens with one attached hydrogen (secondary N) is 1. The summed E-state index contributed by atoms with van der Waals surface area (Å²) in [6.07, 6.45) is -0.549. The van der Waals surface area contributed by atoms with E-state index in [1.807, 2.05) is 0 Å². The van der Waals surface area contributed by atoms with Gasteiger partial charge in [-0.1, -0.05) is 5.16 Å². The van der Waals surface area contributed by atoms with E-state index in [0.717, 1.165) is 25.5 Å². The highest BCUT2D eigenvalue weighted by Gasteiger charge is 2.37. The lowest BCUT2D eigenvalue weighted by Gasteiger charge is -2.26. The van der Waals surface area contributed by atoms with Gasteiger partial charge >= 0.3 is 6.18 Å². The van der Waals surface area contributed by atoms with Crippen molar-refractivity contribution in [1.29, 1.82) is 0 Å².